The van der Waals surface area contributed by atoms with Crippen LogP contribution in [0.1, 0.15) is 46.3 Å². The number of carboxylic acids is 1. The van der Waals surface area contributed by atoms with Crippen LogP contribution in [0.25, 0.3) is 0 Å². The number of aliphatic carboxylic acids is 1. The van der Waals surface area contributed by atoms with Crippen molar-refractivity contribution in [2.45, 2.75) is 51.4 Å². The van der Waals surface area contributed by atoms with Crippen molar-refractivity contribution in [3.05, 3.63) is 64.7 Å². The molecule has 0 saturated carbocycles. The van der Waals surface area contributed by atoms with Gasteiger partial charge in [-0.15, -0.1) is 0 Å². The minimum absolute atomic E-state index is 0.0357. The van der Waals surface area contributed by atoms with Crippen LogP contribution in [-0.2, 0) is 16.2 Å². The molecule has 2 aromatic rings. The number of hydroxylamine groups is 1. The lowest BCUT2D eigenvalue weighted by Gasteiger charge is -2.37. The Hall–Kier alpha value is -3.64. The average Bonchev–Trinajstić information content (AvgIpc) is 2.82. The van der Waals surface area contributed by atoms with E-state index >= 15 is 0 Å². The van der Waals surface area contributed by atoms with E-state index < -0.39 is 23.6 Å². The summed E-state index contributed by atoms with van der Waals surface area (Å²) < 4.78 is 37.6. The third-order valence-corrected chi connectivity index (χ3v) is 5.61. The Balaban J connectivity index is 0.000000604. The first kappa shape index (κ1) is 29.6. The van der Waals surface area contributed by atoms with E-state index in [-0.39, 0.29) is 12.3 Å². The maximum atomic E-state index is 12.8. The number of carbonyl (C=O) groups excluding carboxylic acids is 2. The number of hydrogen-bond donors (Lipinski definition) is 5. The lowest BCUT2D eigenvalue weighted by Crippen LogP contribution is -2.56. The molecule has 12 heteroatoms. The number of benzene rings is 2. The van der Waals surface area contributed by atoms with Crippen LogP contribution in [0, 0.1) is 13.8 Å². The number of hydrogen-bond acceptors (Lipinski definition) is 6. The monoisotopic (exact) mass is 525 g/mol. The minimum atomic E-state index is -5.08. The third kappa shape index (κ3) is 9.73. The van der Waals surface area contributed by atoms with E-state index in [4.69, 9.17) is 19.8 Å². The standard InChI is InChI=1S/C23H29N3O4.C2HF3O2/c1-16-11-17(2)13-18(12-16)15-30-20-5-3-19(4-6-20)22(28)25-23(14-21(27)26-29)7-9-24-10-8-23;3-2(4,5)1(6)7/h3-6,11-13,24,29H,7-10,14-15H2,1-2H3,(H,25,28)(H,26,27);(H,6,7). The fourth-order valence-corrected chi connectivity index (χ4v) is 3.93. The fraction of sp³-hybridized carbons (Fsp3) is 0.400. The topological polar surface area (TPSA) is 137 Å². The van der Waals surface area contributed by atoms with Crippen molar-refractivity contribution in [1.82, 2.24) is 16.1 Å². The number of halogens is 3. The minimum Gasteiger partial charge on any atom is -0.489 e. The van der Waals surface area contributed by atoms with Crippen LogP contribution < -0.4 is 20.9 Å². The summed E-state index contributed by atoms with van der Waals surface area (Å²) in [7, 11) is 0. The van der Waals surface area contributed by atoms with Crippen molar-refractivity contribution in [3.8, 4) is 5.75 Å². The number of carboxylic acid groups (broad SMARTS) is 1. The van der Waals surface area contributed by atoms with Crippen LogP contribution >= 0.6 is 0 Å². The van der Waals surface area contributed by atoms with Gasteiger partial charge in [0.2, 0.25) is 5.91 Å². The van der Waals surface area contributed by atoms with E-state index in [1.807, 2.05) is 0 Å². The van der Waals surface area contributed by atoms with Gasteiger partial charge in [-0.1, -0.05) is 29.3 Å². The van der Waals surface area contributed by atoms with Gasteiger partial charge in [-0.25, -0.2) is 10.3 Å². The maximum absolute atomic E-state index is 12.8. The van der Waals surface area contributed by atoms with E-state index in [1.165, 1.54) is 11.1 Å². The normalized spacial score (nSPS) is 14.5. The van der Waals surface area contributed by atoms with Crippen molar-refractivity contribution in [2.24, 2.45) is 0 Å². The van der Waals surface area contributed by atoms with Gasteiger partial charge < -0.3 is 20.5 Å². The van der Waals surface area contributed by atoms with Crippen molar-refractivity contribution in [3.63, 3.8) is 0 Å². The molecule has 1 heterocycles. The Morgan fingerprint density at radius 2 is 1.57 bits per heavy atom. The Morgan fingerprint density at radius 3 is 2.05 bits per heavy atom. The molecule has 37 heavy (non-hydrogen) atoms. The molecule has 1 aliphatic heterocycles. The Morgan fingerprint density at radius 1 is 1.03 bits per heavy atom. The molecular formula is C25H30F3N3O6. The SMILES string of the molecule is Cc1cc(C)cc(COc2ccc(C(=O)NC3(CC(=O)NO)CCNCC3)cc2)c1.O=C(O)C(F)(F)F. The van der Waals surface area contributed by atoms with E-state index in [0.717, 1.165) is 5.56 Å². The van der Waals surface area contributed by atoms with Gasteiger partial charge in [-0.05, 0) is 69.6 Å². The lowest BCUT2D eigenvalue weighted by molar-refractivity contribution is -0.192. The number of rotatable bonds is 7. The molecule has 3 rings (SSSR count). The summed E-state index contributed by atoms with van der Waals surface area (Å²) in [4.78, 5) is 33.4. The number of aryl methyl sites for hydroxylation is 2. The molecule has 2 amide bonds. The summed E-state index contributed by atoms with van der Waals surface area (Å²) >= 11 is 0. The van der Waals surface area contributed by atoms with Gasteiger partial charge in [0.05, 0.1) is 12.0 Å². The summed E-state index contributed by atoms with van der Waals surface area (Å²) in [6.07, 6.45) is -3.82. The molecule has 202 valence electrons. The molecule has 0 unspecified atom stereocenters. The number of ether oxygens (including phenoxy) is 1. The van der Waals surface area contributed by atoms with E-state index in [9.17, 15) is 22.8 Å². The highest BCUT2D eigenvalue weighted by Gasteiger charge is 2.38. The van der Waals surface area contributed by atoms with Crippen LogP contribution in [0.3, 0.4) is 0 Å². The molecule has 0 bridgehead atoms. The highest BCUT2D eigenvalue weighted by molar-refractivity contribution is 5.95. The van der Waals surface area contributed by atoms with Gasteiger partial charge in [0.25, 0.3) is 5.91 Å². The van der Waals surface area contributed by atoms with Crippen LogP contribution in [0.15, 0.2) is 42.5 Å². The highest BCUT2D eigenvalue weighted by atomic mass is 19.4. The molecule has 0 radical (unpaired) electrons. The largest absolute Gasteiger partial charge is 0.490 e. The van der Waals surface area contributed by atoms with Crippen molar-refractivity contribution in [1.29, 1.82) is 0 Å². The second-order valence-electron chi connectivity index (χ2n) is 8.81. The van der Waals surface area contributed by atoms with Gasteiger partial charge in [0.15, 0.2) is 0 Å². The highest BCUT2D eigenvalue weighted by Crippen LogP contribution is 2.24. The smallest absolute Gasteiger partial charge is 0.489 e. The molecule has 9 nitrogen and oxygen atoms in total. The van der Waals surface area contributed by atoms with Gasteiger partial charge in [-0.3, -0.25) is 14.8 Å². The van der Waals surface area contributed by atoms with Crippen LogP contribution in [-0.4, -0.2) is 52.9 Å². The van der Waals surface area contributed by atoms with Crippen molar-refractivity contribution in [2.75, 3.05) is 13.1 Å². The summed E-state index contributed by atoms with van der Waals surface area (Å²) in [5.41, 5.74) is 4.98. The summed E-state index contributed by atoms with van der Waals surface area (Å²) in [6.45, 7) is 5.97. The summed E-state index contributed by atoms with van der Waals surface area (Å²) in [5, 5.41) is 22.2. The first-order valence-electron chi connectivity index (χ1n) is 11.4. The van der Waals surface area contributed by atoms with E-state index in [2.05, 4.69) is 42.7 Å². The Labute approximate surface area is 212 Å². The maximum Gasteiger partial charge on any atom is 0.490 e. The molecule has 2 aromatic carbocycles. The fourth-order valence-electron chi connectivity index (χ4n) is 3.93. The van der Waals surface area contributed by atoms with Crippen molar-refractivity contribution >= 4 is 17.8 Å². The summed E-state index contributed by atoms with van der Waals surface area (Å²) in [6, 6.07) is 13.3. The Bertz CT molecular complexity index is 1060. The van der Waals surface area contributed by atoms with Crippen LogP contribution in [0.4, 0.5) is 13.2 Å². The number of piperidine rings is 1. The van der Waals surface area contributed by atoms with Crippen LogP contribution in [0.2, 0.25) is 0 Å². The molecule has 1 saturated heterocycles. The average molecular weight is 526 g/mol. The molecule has 0 spiro atoms. The molecule has 1 aliphatic rings. The molecule has 0 aliphatic carbocycles. The molecule has 1 fully saturated rings. The number of amides is 2. The third-order valence-electron chi connectivity index (χ3n) is 5.61. The zero-order chi connectivity index (χ0) is 27.6. The molecule has 0 aromatic heterocycles. The second kappa shape index (κ2) is 13.1. The quantitative estimate of drug-likeness (QED) is 0.276. The van der Waals surface area contributed by atoms with Gasteiger partial charge >= 0.3 is 12.1 Å². The van der Waals surface area contributed by atoms with Gasteiger partial charge in [0.1, 0.15) is 12.4 Å². The van der Waals surface area contributed by atoms with Crippen molar-refractivity contribution < 1.29 is 42.6 Å². The molecule has 5 N–H and O–H groups in total. The Kier molecular flexibility index (Phi) is 10.4. The zero-order valence-corrected chi connectivity index (χ0v) is 20.4. The predicted octanol–water partition coefficient (Wildman–Crippen LogP) is 3.26. The number of alkyl halides is 3. The van der Waals surface area contributed by atoms with Gasteiger partial charge in [0, 0.05) is 5.56 Å². The molecule has 0 atom stereocenters. The van der Waals surface area contributed by atoms with E-state index in [1.54, 1.807) is 29.7 Å². The van der Waals surface area contributed by atoms with Gasteiger partial charge in [-0.2, -0.15) is 13.2 Å². The molecular weight excluding hydrogens is 495 g/mol. The zero-order valence-electron chi connectivity index (χ0n) is 20.4. The number of carbonyl (C=O) groups is 3. The van der Waals surface area contributed by atoms with Crippen LogP contribution in [0.5, 0.6) is 5.75 Å². The summed E-state index contributed by atoms with van der Waals surface area (Å²) in [5.74, 6) is -2.83. The first-order valence-corrected chi connectivity index (χ1v) is 11.4. The lowest BCUT2D eigenvalue weighted by atomic mass is 9.84. The first-order chi connectivity index (χ1) is 17.3. The van der Waals surface area contributed by atoms with E-state index in [0.29, 0.717) is 43.9 Å². The second-order valence-corrected chi connectivity index (χ2v) is 8.81. The number of nitrogens with one attached hydrogen (secondary N) is 3. The predicted molar refractivity (Wildman–Crippen MR) is 127 cm³/mol.